The summed E-state index contributed by atoms with van der Waals surface area (Å²) in [5.41, 5.74) is -0.736. The van der Waals surface area contributed by atoms with E-state index in [-0.39, 0.29) is 0 Å². The van der Waals surface area contributed by atoms with Crippen LogP contribution in [0, 0.1) is 5.82 Å². The van der Waals surface area contributed by atoms with Crippen LogP contribution in [0.5, 0.6) is 0 Å². The minimum atomic E-state index is -0.854. The number of aromatic nitrogens is 2. The number of hydrogen-bond acceptors (Lipinski definition) is 2. The van der Waals surface area contributed by atoms with Crippen LogP contribution in [0.25, 0.3) is 0 Å². The van der Waals surface area contributed by atoms with Gasteiger partial charge >= 0.3 is 0 Å². The fourth-order valence-corrected chi connectivity index (χ4v) is 0.326. The first-order chi connectivity index (χ1) is 3.80. The van der Waals surface area contributed by atoms with Gasteiger partial charge in [-0.15, -0.1) is 0 Å². The Balaban J connectivity index is 3.35. The zero-order chi connectivity index (χ0) is 5.98. The highest BCUT2D eigenvalue weighted by molar-refractivity contribution is 4.82. The number of aromatic amines is 1. The molecule has 0 radical (unpaired) electrons. The molecule has 0 spiro atoms. The van der Waals surface area contributed by atoms with E-state index in [0.29, 0.717) is 0 Å². The van der Waals surface area contributed by atoms with Gasteiger partial charge < -0.3 is 4.98 Å². The van der Waals surface area contributed by atoms with Crippen LogP contribution < -0.4 is 5.56 Å². The molecular weight excluding hydrogens is 111 g/mol. The lowest BCUT2D eigenvalue weighted by Crippen LogP contribution is -2.08. The van der Waals surface area contributed by atoms with Crippen LogP contribution in [-0.2, 0) is 0 Å². The molecule has 0 saturated heterocycles. The molecule has 0 atom stereocenters. The number of halogens is 1. The summed E-state index contributed by atoms with van der Waals surface area (Å²) in [5, 5.41) is 0. The van der Waals surface area contributed by atoms with Crippen LogP contribution in [0.3, 0.4) is 0 Å². The maximum absolute atomic E-state index is 11.9. The van der Waals surface area contributed by atoms with Gasteiger partial charge in [-0.25, -0.2) is 4.98 Å². The summed E-state index contributed by atoms with van der Waals surface area (Å²) in [5.74, 6) is -0.854. The van der Waals surface area contributed by atoms with Crippen molar-refractivity contribution in [1.82, 2.24) is 9.97 Å². The quantitative estimate of drug-likeness (QED) is 0.512. The maximum Gasteiger partial charge on any atom is 0.286 e. The Hall–Kier alpha value is -1.19. The highest BCUT2D eigenvalue weighted by atomic mass is 19.1. The molecule has 0 aliphatic heterocycles. The van der Waals surface area contributed by atoms with Crippen molar-refractivity contribution in [2.75, 3.05) is 0 Å². The second-order valence-corrected chi connectivity index (χ2v) is 1.23. The van der Waals surface area contributed by atoms with Gasteiger partial charge in [-0.3, -0.25) is 4.79 Å². The predicted octanol–water partition coefficient (Wildman–Crippen LogP) is -0.0910. The number of nitrogens with one attached hydrogen (secondary N) is 1. The van der Waals surface area contributed by atoms with Crippen LogP contribution >= 0.6 is 0 Å². The SMILES string of the molecule is O=c1[nH]cncc1F. The van der Waals surface area contributed by atoms with Crippen molar-refractivity contribution < 1.29 is 4.39 Å². The Labute approximate surface area is 44.2 Å². The van der Waals surface area contributed by atoms with E-state index in [4.69, 9.17) is 0 Å². The largest absolute Gasteiger partial charge is 0.311 e. The van der Waals surface area contributed by atoms with Gasteiger partial charge in [0, 0.05) is 0 Å². The lowest BCUT2D eigenvalue weighted by molar-refractivity contribution is 0.600. The fourth-order valence-electron chi connectivity index (χ4n) is 0.326. The van der Waals surface area contributed by atoms with E-state index in [0.717, 1.165) is 12.5 Å². The molecule has 0 saturated carbocycles. The summed E-state index contributed by atoms with van der Waals surface area (Å²) in [7, 11) is 0. The number of rotatable bonds is 0. The number of hydrogen-bond donors (Lipinski definition) is 1. The molecule has 1 heterocycles. The molecule has 0 amide bonds. The van der Waals surface area contributed by atoms with Gasteiger partial charge in [-0.1, -0.05) is 0 Å². The van der Waals surface area contributed by atoms with Gasteiger partial charge in [0.1, 0.15) is 0 Å². The van der Waals surface area contributed by atoms with E-state index in [1.165, 1.54) is 0 Å². The molecule has 1 aromatic rings. The van der Waals surface area contributed by atoms with Crippen LogP contribution in [0.15, 0.2) is 17.3 Å². The third-order valence-electron chi connectivity index (χ3n) is 0.675. The third kappa shape index (κ3) is 0.726. The second kappa shape index (κ2) is 1.73. The van der Waals surface area contributed by atoms with Gasteiger partial charge in [0.2, 0.25) is 5.82 Å². The van der Waals surface area contributed by atoms with Gasteiger partial charge in [0.05, 0.1) is 12.5 Å². The van der Waals surface area contributed by atoms with E-state index < -0.39 is 11.4 Å². The molecule has 0 aromatic carbocycles. The first-order valence-corrected chi connectivity index (χ1v) is 1.99. The minimum Gasteiger partial charge on any atom is -0.311 e. The van der Waals surface area contributed by atoms with Crippen molar-refractivity contribution in [2.45, 2.75) is 0 Å². The molecule has 0 bridgehead atoms. The van der Waals surface area contributed by atoms with Gasteiger partial charge in [0.15, 0.2) is 0 Å². The number of nitrogens with zero attached hydrogens (tertiary/aromatic N) is 1. The molecule has 0 aliphatic carbocycles. The highest BCUT2D eigenvalue weighted by Gasteiger charge is 1.90. The van der Waals surface area contributed by atoms with E-state index in [1.54, 1.807) is 0 Å². The second-order valence-electron chi connectivity index (χ2n) is 1.23. The molecular formula is C4H3FN2O. The summed E-state index contributed by atoms with van der Waals surface area (Å²) < 4.78 is 11.9. The average molecular weight is 114 g/mol. The van der Waals surface area contributed by atoms with Crippen LogP contribution in [0.1, 0.15) is 0 Å². The van der Waals surface area contributed by atoms with Crippen molar-refractivity contribution in [3.8, 4) is 0 Å². The van der Waals surface area contributed by atoms with Crippen molar-refractivity contribution in [3.63, 3.8) is 0 Å². The van der Waals surface area contributed by atoms with Gasteiger partial charge in [0.25, 0.3) is 5.56 Å². The maximum atomic E-state index is 11.9. The smallest absolute Gasteiger partial charge is 0.286 e. The Morgan fingerprint density at radius 3 is 2.88 bits per heavy atom. The summed E-state index contributed by atoms with van der Waals surface area (Å²) in [6.07, 6.45) is 1.99. The van der Waals surface area contributed by atoms with Crippen molar-refractivity contribution in [3.05, 3.63) is 28.7 Å². The molecule has 4 heteroatoms. The standard InChI is InChI=1S/C4H3FN2O/c5-3-1-6-2-7-4(3)8/h1-2H,(H,6,7,8). The molecule has 8 heavy (non-hydrogen) atoms. The molecule has 1 N–H and O–H groups in total. The van der Waals surface area contributed by atoms with E-state index in [1.807, 2.05) is 0 Å². The van der Waals surface area contributed by atoms with Crippen molar-refractivity contribution in [1.29, 1.82) is 0 Å². The van der Waals surface area contributed by atoms with Crippen LogP contribution in [0.4, 0.5) is 4.39 Å². The molecule has 0 unspecified atom stereocenters. The Morgan fingerprint density at radius 2 is 2.50 bits per heavy atom. The normalized spacial score (nSPS) is 9.12. The van der Waals surface area contributed by atoms with Crippen LogP contribution in [0.2, 0.25) is 0 Å². The lowest BCUT2D eigenvalue weighted by atomic mass is 10.6. The van der Waals surface area contributed by atoms with Crippen molar-refractivity contribution >= 4 is 0 Å². The molecule has 3 nitrogen and oxygen atoms in total. The summed E-state index contributed by atoms with van der Waals surface area (Å²) in [6.45, 7) is 0. The molecule has 42 valence electrons. The fraction of sp³-hybridized carbons (Fsp3) is 0. The summed E-state index contributed by atoms with van der Waals surface area (Å²) in [4.78, 5) is 15.5. The third-order valence-corrected chi connectivity index (χ3v) is 0.675. The predicted molar refractivity (Wildman–Crippen MR) is 24.8 cm³/mol. The Kier molecular flexibility index (Phi) is 1.07. The van der Waals surface area contributed by atoms with Crippen LogP contribution in [-0.4, -0.2) is 9.97 Å². The highest BCUT2D eigenvalue weighted by Crippen LogP contribution is 1.76. The van der Waals surface area contributed by atoms with Gasteiger partial charge in [-0.2, -0.15) is 4.39 Å². The van der Waals surface area contributed by atoms with Crippen molar-refractivity contribution in [2.24, 2.45) is 0 Å². The average Bonchev–Trinajstić information content (AvgIpc) is 1.77. The zero-order valence-corrected chi connectivity index (χ0v) is 3.89. The number of H-pyrrole nitrogens is 1. The summed E-state index contributed by atoms with van der Waals surface area (Å²) >= 11 is 0. The first kappa shape index (κ1) is 4.96. The minimum absolute atomic E-state index is 0.736. The monoisotopic (exact) mass is 114 g/mol. The summed E-state index contributed by atoms with van der Waals surface area (Å²) in [6, 6.07) is 0. The molecule has 1 rings (SSSR count). The zero-order valence-electron chi connectivity index (χ0n) is 3.89. The van der Waals surface area contributed by atoms with E-state index in [9.17, 15) is 9.18 Å². The lowest BCUT2D eigenvalue weighted by Gasteiger charge is -1.79. The molecule has 0 aliphatic rings. The van der Waals surface area contributed by atoms with Gasteiger partial charge in [-0.05, 0) is 0 Å². The van der Waals surface area contributed by atoms with E-state index in [2.05, 4.69) is 9.97 Å². The topological polar surface area (TPSA) is 45.8 Å². The molecule has 0 fully saturated rings. The Morgan fingerprint density at radius 1 is 1.75 bits per heavy atom. The Bertz CT molecular complexity index is 231. The van der Waals surface area contributed by atoms with E-state index >= 15 is 0 Å². The molecule has 1 aromatic heterocycles. The first-order valence-electron chi connectivity index (χ1n) is 1.99.